The van der Waals surface area contributed by atoms with Gasteiger partial charge < -0.3 is 24.6 Å². The predicted octanol–water partition coefficient (Wildman–Crippen LogP) is 4.11. The average molecular weight is 473 g/mol. The Morgan fingerprint density at radius 2 is 1.97 bits per heavy atom. The molecule has 2 aliphatic heterocycles. The van der Waals surface area contributed by atoms with Gasteiger partial charge in [-0.25, -0.2) is 9.78 Å². The van der Waals surface area contributed by atoms with Gasteiger partial charge in [-0.1, -0.05) is 36.4 Å². The largest absolute Gasteiger partial charge is 0.497 e. The van der Waals surface area contributed by atoms with E-state index in [2.05, 4.69) is 22.4 Å². The number of aromatic nitrogens is 1. The minimum atomic E-state index is -0.661. The van der Waals surface area contributed by atoms with Gasteiger partial charge in [0.2, 0.25) is 0 Å². The van der Waals surface area contributed by atoms with Crippen molar-refractivity contribution in [1.29, 1.82) is 0 Å². The number of likely N-dealkylation sites (tertiary alicyclic amines) is 1. The van der Waals surface area contributed by atoms with E-state index in [4.69, 9.17) is 9.47 Å². The molecule has 0 bridgehead atoms. The van der Waals surface area contributed by atoms with E-state index in [0.717, 1.165) is 12.1 Å². The maximum Gasteiger partial charge on any atom is 0.410 e. The van der Waals surface area contributed by atoms with Crippen molar-refractivity contribution in [2.24, 2.45) is 0 Å². The summed E-state index contributed by atoms with van der Waals surface area (Å²) in [6.07, 6.45) is 2.72. The second kappa shape index (κ2) is 9.66. The summed E-state index contributed by atoms with van der Waals surface area (Å²) in [6, 6.07) is 21.0. The zero-order valence-electron chi connectivity index (χ0n) is 19.6. The molecule has 0 aliphatic carbocycles. The van der Waals surface area contributed by atoms with Crippen molar-refractivity contribution in [2.45, 2.75) is 18.4 Å². The van der Waals surface area contributed by atoms with Crippen LogP contribution in [0, 0.1) is 0 Å². The van der Waals surface area contributed by atoms with E-state index >= 15 is 0 Å². The molecule has 180 valence electrons. The number of ether oxygens (including phenoxy) is 2. The van der Waals surface area contributed by atoms with Crippen LogP contribution >= 0.6 is 0 Å². The van der Waals surface area contributed by atoms with Crippen LogP contribution in [-0.4, -0.2) is 65.7 Å². The van der Waals surface area contributed by atoms with Crippen LogP contribution in [0.4, 0.5) is 16.3 Å². The molecule has 1 atom stereocenters. The highest BCUT2D eigenvalue weighted by atomic mass is 16.6. The Bertz CT molecular complexity index is 1220. The first-order valence-corrected chi connectivity index (χ1v) is 11.7. The summed E-state index contributed by atoms with van der Waals surface area (Å²) in [5.41, 5.74) is 1.76. The van der Waals surface area contributed by atoms with Gasteiger partial charge in [-0.2, -0.15) is 0 Å². The molecule has 3 heterocycles. The van der Waals surface area contributed by atoms with E-state index in [1.807, 2.05) is 42.5 Å². The molecule has 0 saturated carbocycles. The Kier molecular flexibility index (Phi) is 6.27. The van der Waals surface area contributed by atoms with E-state index in [1.165, 1.54) is 5.56 Å². The summed E-state index contributed by atoms with van der Waals surface area (Å²) in [4.78, 5) is 33.9. The molecule has 5 rings (SSSR count). The predicted molar refractivity (Wildman–Crippen MR) is 132 cm³/mol. The van der Waals surface area contributed by atoms with Crippen LogP contribution in [0.2, 0.25) is 0 Å². The van der Waals surface area contributed by atoms with Crippen LogP contribution in [0.15, 0.2) is 72.9 Å². The molecule has 2 saturated heterocycles. The molecule has 35 heavy (non-hydrogen) atoms. The highest BCUT2D eigenvalue weighted by molar-refractivity contribution is 5.99. The summed E-state index contributed by atoms with van der Waals surface area (Å²) in [7, 11) is 1.61. The molecule has 1 aromatic heterocycles. The zero-order chi connectivity index (χ0) is 24.3. The fraction of sp³-hybridized carbons (Fsp3) is 0.296. The van der Waals surface area contributed by atoms with Gasteiger partial charge in [0.25, 0.3) is 5.91 Å². The number of nitrogens with zero attached hydrogens (tertiary/aromatic N) is 3. The normalized spacial score (nSPS) is 19.2. The molecular weight excluding hydrogens is 444 g/mol. The lowest BCUT2D eigenvalue weighted by molar-refractivity contribution is 0.0553. The van der Waals surface area contributed by atoms with Gasteiger partial charge in [-0.15, -0.1) is 0 Å². The first-order valence-electron chi connectivity index (χ1n) is 11.7. The van der Waals surface area contributed by atoms with E-state index in [0.29, 0.717) is 49.7 Å². The molecule has 8 nitrogen and oxygen atoms in total. The van der Waals surface area contributed by atoms with Gasteiger partial charge in [0.05, 0.1) is 25.8 Å². The minimum Gasteiger partial charge on any atom is -0.497 e. The number of amides is 2. The topological polar surface area (TPSA) is 84.0 Å². The summed E-state index contributed by atoms with van der Waals surface area (Å²) >= 11 is 0. The average Bonchev–Trinajstić information content (AvgIpc) is 3.45. The maximum atomic E-state index is 13.5. The lowest BCUT2D eigenvalue weighted by Crippen LogP contribution is -2.40. The number of hydrogen-bond donors (Lipinski definition) is 1. The van der Waals surface area contributed by atoms with Gasteiger partial charge in [-0.3, -0.25) is 4.79 Å². The van der Waals surface area contributed by atoms with E-state index < -0.39 is 5.60 Å². The van der Waals surface area contributed by atoms with Crippen LogP contribution < -0.4 is 10.1 Å². The second-order valence-corrected chi connectivity index (χ2v) is 8.94. The number of pyridine rings is 1. The van der Waals surface area contributed by atoms with Crippen molar-refractivity contribution in [3.63, 3.8) is 0 Å². The van der Waals surface area contributed by atoms with Crippen molar-refractivity contribution in [1.82, 2.24) is 14.8 Å². The Hall–Kier alpha value is -4.07. The summed E-state index contributed by atoms with van der Waals surface area (Å²) in [5.74, 6) is 1.04. The maximum absolute atomic E-state index is 13.5. The second-order valence-electron chi connectivity index (χ2n) is 8.94. The Labute approximate surface area is 204 Å². The Morgan fingerprint density at radius 1 is 1.11 bits per heavy atom. The van der Waals surface area contributed by atoms with E-state index in [-0.39, 0.29) is 12.0 Å². The highest BCUT2D eigenvalue weighted by Gasteiger charge is 2.50. The first kappa shape index (κ1) is 22.7. The highest BCUT2D eigenvalue weighted by Crippen LogP contribution is 2.34. The van der Waals surface area contributed by atoms with Crippen molar-refractivity contribution in [3.8, 4) is 5.75 Å². The van der Waals surface area contributed by atoms with Crippen LogP contribution in [0.3, 0.4) is 0 Å². The lowest BCUT2D eigenvalue weighted by Gasteiger charge is -2.23. The van der Waals surface area contributed by atoms with Crippen LogP contribution in [0.25, 0.3) is 0 Å². The Morgan fingerprint density at radius 3 is 2.80 bits per heavy atom. The Balaban J connectivity index is 1.25. The molecule has 8 heteroatoms. The van der Waals surface area contributed by atoms with Gasteiger partial charge in [0.1, 0.15) is 11.6 Å². The van der Waals surface area contributed by atoms with Gasteiger partial charge in [0.15, 0.2) is 5.60 Å². The van der Waals surface area contributed by atoms with Gasteiger partial charge in [-0.05, 0) is 36.2 Å². The third-order valence-electron chi connectivity index (χ3n) is 6.53. The number of nitrogens with one attached hydrogen (secondary N) is 1. The van der Waals surface area contributed by atoms with Crippen LogP contribution in [0.5, 0.6) is 5.75 Å². The number of benzene rings is 2. The molecule has 0 radical (unpaired) electrons. The number of hydrogen-bond acceptors (Lipinski definition) is 6. The van der Waals surface area contributed by atoms with Crippen molar-refractivity contribution in [2.75, 3.05) is 38.6 Å². The number of carbonyl (C=O) groups is 2. The van der Waals surface area contributed by atoms with Gasteiger partial charge in [0, 0.05) is 37.5 Å². The quantitative estimate of drug-likeness (QED) is 0.557. The van der Waals surface area contributed by atoms with Crippen LogP contribution in [-0.2, 0) is 11.2 Å². The molecule has 1 N–H and O–H groups in total. The summed E-state index contributed by atoms with van der Waals surface area (Å²) in [6.45, 7) is 1.97. The molecule has 2 aliphatic rings. The standard InChI is InChI=1S/C27H28N4O4/c1-34-22-10-5-9-21(17-22)29-24-23(11-6-14-28-24)25(32)30-16-13-27(18-30)19-31(26(33)35-27)15-12-20-7-3-2-4-8-20/h2-11,14,17H,12-13,15-16,18-19H2,1H3,(H,28,29)/t27-/m0/s1. The fourth-order valence-corrected chi connectivity index (χ4v) is 4.69. The van der Waals surface area contributed by atoms with Crippen molar-refractivity contribution in [3.05, 3.63) is 84.1 Å². The molecule has 1 spiro atoms. The van der Waals surface area contributed by atoms with E-state index in [1.54, 1.807) is 35.2 Å². The summed E-state index contributed by atoms with van der Waals surface area (Å²) < 4.78 is 11.1. The molecule has 3 aromatic rings. The number of carbonyl (C=O) groups excluding carboxylic acids is 2. The van der Waals surface area contributed by atoms with E-state index in [9.17, 15) is 9.59 Å². The smallest absolute Gasteiger partial charge is 0.410 e. The third-order valence-corrected chi connectivity index (χ3v) is 6.53. The molecule has 2 aromatic carbocycles. The number of anilines is 2. The van der Waals surface area contributed by atoms with Crippen LogP contribution in [0.1, 0.15) is 22.3 Å². The van der Waals surface area contributed by atoms with Crippen molar-refractivity contribution >= 4 is 23.5 Å². The van der Waals surface area contributed by atoms with Gasteiger partial charge >= 0.3 is 6.09 Å². The monoisotopic (exact) mass is 472 g/mol. The lowest BCUT2D eigenvalue weighted by atomic mass is 10.0. The molecule has 2 fully saturated rings. The zero-order valence-corrected chi connectivity index (χ0v) is 19.6. The molecular formula is C27H28N4O4. The van der Waals surface area contributed by atoms with Crippen molar-refractivity contribution < 1.29 is 19.1 Å². The molecule has 0 unspecified atom stereocenters. The number of methoxy groups -OCH3 is 1. The number of rotatable bonds is 7. The SMILES string of the molecule is COc1cccc(Nc2ncccc2C(=O)N2CC[C@@]3(CN(CCc4ccccc4)C(=O)O3)C2)c1. The minimum absolute atomic E-state index is 0.140. The third kappa shape index (κ3) is 4.91. The summed E-state index contributed by atoms with van der Waals surface area (Å²) in [5, 5.41) is 3.23. The fourth-order valence-electron chi connectivity index (χ4n) is 4.69. The molecule has 2 amide bonds. The first-order chi connectivity index (χ1) is 17.0.